The van der Waals surface area contributed by atoms with Gasteiger partial charge in [0.05, 0.1) is 42.9 Å². The van der Waals surface area contributed by atoms with Crippen LogP contribution in [0.3, 0.4) is 0 Å². The number of hydrogen-bond donors (Lipinski definition) is 1. The Balaban J connectivity index is 1.04. The summed E-state index contributed by atoms with van der Waals surface area (Å²) >= 11 is 0. The molecule has 3 aromatic heterocycles. The van der Waals surface area contributed by atoms with Crippen molar-refractivity contribution < 1.29 is 23.9 Å². The summed E-state index contributed by atoms with van der Waals surface area (Å²) < 4.78 is 15.9. The van der Waals surface area contributed by atoms with Gasteiger partial charge in [-0.3, -0.25) is 19.0 Å². The fraction of sp³-hybridized carbons (Fsp3) is 0.439. The van der Waals surface area contributed by atoms with Crippen LogP contribution in [0.4, 0.5) is 10.6 Å². The van der Waals surface area contributed by atoms with Gasteiger partial charge in [0.1, 0.15) is 11.9 Å². The maximum Gasteiger partial charge on any atom is 0.357 e. The van der Waals surface area contributed by atoms with Crippen LogP contribution in [0.1, 0.15) is 92.9 Å². The van der Waals surface area contributed by atoms with Crippen molar-refractivity contribution in [1.29, 1.82) is 0 Å². The highest BCUT2D eigenvalue weighted by Gasteiger charge is 2.34. The van der Waals surface area contributed by atoms with Crippen molar-refractivity contribution in [2.45, 2.75) is 76.6 Å². The van der Waals surface area contributed by atoms with Gasteiger partial charge in [0, 0.05) is 31.1 Å². The fourth-order valence-corrected chi connectivity index (χ4v) is 7.94. The van der Waals surface area contributed by atoms with Gasteiger partial charge in [-0.05, 0) is 80.2 Å². The first-order chi connectivity index (χ1) is 26.7. The van der Waals surface area contributed by atoms with Gasteiger partial charge in [0.2, 0.25) is 0 Å². The van der Waals surface area contributed by atoms with E-state index in [9.17, 15) is 9.59 Å². The Morgan fingerprint density at radius 1 is 0.982 bits per heavy atom. The summed E-state index contributed by atoms with van der Waals surface area (Å²) in [4.78, 5) is 36.4. The Hall–Kier alpha value is -5.31. The number of rotatable bonds is 10. The SMILES string of the molecule is CN1CCC[C@H]1c1nnc2ccc(O[C@@H]3CC[C@H](NC(=O)N(OC=O)c4cc(C(C)(C)C)nn4-c4cccc(CN5CCOCC5)c4)c4ccccc43)cn12. The zero-order chi connectivity index (χ0) is 38.1. The Labute approximate surface area is 320 Å². The van der Waals surface area contributed by atoms with Crippen molar-refractivity contribution in [2.24, 2.45) is 0 Å². The number of hydroxylamine groups is 1. The molecule has 14 heteroatoms. The number of urea groups is 1. The summed E-state index contributed by atoms with van der Waals surface area (Å²) in [6.45, 7) is 11.4. The van der Waals surface area contributed by atoms with E-state index in [0.717, 1.165) is 89.4 Å². The van der Waals surface area contributed by atoms with E-state index >= 15 is 0 Å². The quantitative estimate of drug-likeness (QED) is 0.133. The summed E-state index contributed by atoms with van der Waals surface area (Å²) in [6, 6.07) is 21.0. The minimum Gasteiger partial charge on any atom is -0.484 e. The third-order valence-corrected chi connectivity index (χ3v) is 10.9. The number of pyridine rings is 1. The molecule has 3 aliphatic rings. The van der Waals surface area contributed by atoms with Crippen LogP contribution in [0.5, 0.6) is 5.75 Å². The van der Waals surface area contributed by atoms with Crippen LogP contribution in [0, 0.1) is 0 Å². The van der Waals surface area contributed by atoms with Gasteiger partial charge in [-0.25, -0.2) is 9.48 Å². The minimum atomic E-state index is -0.583. The molecule has 5 heterocycles. The lowest BCUT2D eigenvalue weighted by Gasteiger charge is -2.33. The molecule has 2 aromatic carbocycles. The first-order valence-electron chi connectivity index (χ1n) is 19.2. The largest absolute Gasteiger partial charge is 0.484 e. The van der Waals surface area contributed by atoms with Crippen molar-refractivity contribution >= 4 is 24.0 Å². The molecule has 0 saturated carbocycles. The van der Waals surface area contributed by atoms with Crippen LogP contribution < -0.4 is 15.1 Å². The van der Waals surface area contributed by atoms with Gasteiger partial charge < -0.3 is 19.6 Å². The molecule has 0 unspecified atom stereocenters. The van der Waals surface area contributed by atoms with E-state index in [4.69, 9.17) is 19.4 Å². The number of fused-ring (bicyclic) bond motifs is 2. The third-order valence-electron chi connectivity index (χ3n) is 10.9. The summed E-state index contributed by atoms with van der Waals surface area (Å²) in [7, 11) is 2.13. The number of anilines is 1. The molecule has 0 radical (unpaired) electrons. The molecule has 2 saturated heterocycles. The van der Waals surface area contributed by atoms with Crippen LogP contribution in [0.2, 0.25) is 0 Å². The number of carbonyl (C=O) groups excluding carboxylic acids is 2. The number of benzene rings is 2. The molecule has 0 spiro atoms. The van der Waals surface area contributed by atoms with Gasteiger partial charge in [0.15, 0.2) is 17.3 Å². The average Bonchev–Trinajstić information content (AvgIpc) is 3.93. The van der Waals surface area contributed by atoms with Crippen LogP contribution in [-0.2, 0) is 26.3 Å². The second-order valence-corrected chi connectivity index (χ2v) is 15.7. The van der Waals surface area contributed by atoms with Gasteiger partial charge in [-0.2, -0.15) is 5.10 Å². The van der Waals surface area contributed by atoms with E-state index in [1.54, 1.807) is 10.7 Å². The lowest BCUT2D eigenvalue weighted by Crippen LogP contribution is -2.43. The second kappa shape index (κ2) is 15.4. The number of carbonyl (C=O) groups is 2. The number of nitrogens with zero attached hydrogens (tertiary/aromatic N) is 8. The predicted molar refractivity (Wildman–Crippen MR) is 206 cm³/mol. The monoisotopic (exact) mass is 747 g/mol. The summed E-state index contributed by atoms with van der Waals surface area (Å²) in [6.07, 6.45) is 5.17. The molecule has 2 fully saturated rings. The van der Waals surface area contributed by atoms with E-state index in [-0.39, 0.29) is 30.1 Å². The predicted octanol–water partition coefficient (Wildman–Crippen LogP) is 6.07. The normalized spacial score (nSPS) is 20.6. The molecule has 14 nitrogen and oxygen atoms in total. The topological polar surface area (TPSA) is 132 Å². The Morgan fingerprint density at radius 2 is 1.80 bits per heavy atom. The van der Waals surface area contributed by atoms with E-state index in [0.29, 0.717) is 31.9 Å². The Morgan fingerprint density at radius 3 is 2.56 bits per heavy atom. The number of aromatic nitrogens is 5. The fourth-order valence-electron chi connectivity index (χ4n) is 7.94. The highest BCUT2D eigenvalue weighted by molar-refractivity contribution is 5.90. The molecule has 5 aromatic rings. The molecule has 8 rings (SSSR count). The second-order valence-electron chi connectivity index (χ2n) is 15.7. The van der Waals surface area contributed by atoms with Gasteiger partial charge in [0.25, 0.3) is 0 Å². The number of ether oxygens (including phenoxy) is 2. The highest BCUT2D eigenvalue weighted by atomic mass is 16.7. The van der Waals surface area contributed by atoms with E-state index in [2.05, 4.69) is 65.3 Å². The number of morpholine rings is 1. The first-order valence-corrected chi connectivity index (χ1v) is 19.2. The maximum atomic E-state index is 14.2. The summed E-state index contributed by atoms with van der Waals surface area (Å²) in [5.41, 5.74) is 4.95. The van der Waals surface area contributed by atoms with Crippen LogP contribution in [0.15, 0.2) is 72.9 Å². The number of likely N-dealkylation sites (tertiary alicyclic amines) is 1. The highest BCUT2D eigenvalue weighted by Crippen LogP contribution is 2.40. The van der Waals surface area contributed by atoms with Crippen molar-refractivity contribution in [3.8, 4) is 11.4 Å². The summed E-state index contributed by atoms with van der Waals surface area (Å²) in [5, 5.41) is 18.0. The standard InChI is InChI=1S/C41H49N9O5/c1-41(2,3)36-24-38(49(45-36)29-10-7-9-28(23-29)25-47-19-21-53-22-20-47)50(54-27-51)40(52)42-33-15-16-35(32-12-6-5-11-31(32)33)55-30-14-17-37-43-44-39(48(37)26-30)34-13-8-18-46(34)4/h5-7,9-12,14,17,23-24,26-27,33-35H,8,13,15-16,18-22,25H2,1-4H3,(H,42,52)/t33-,34-,35+/m0/s1. The van der Waals surface area contributed by atoms with Crippen molar-refractivity contribution in [2.75, 3.05) is 45.0 Å². The van der Waals surface area contributed by atoms with Crippen molar-refractivity contribution in [3.05, 3.63) is 101 Å². The lowest BCUT2D eigenvalue weighted by atomic mass is 9.85. The lowest BCUT2D eigenvalue weighted by molar-refractivity contribution is -0.129. The molecule has 55 heavy (non-hydrogen) atoms. The maximum absolute atomic E-state index is 14.2. The molecule has 0 bridgehead atoms. The molecule has 1 aliphatic carbocycles. The smallest absolute Gasteiger partial charge is 0.357 e. The number of hydrogen-bond acceptors (Lipinski definition) is 10. The van der Waals surface area contributed by atoms with E-state index < -0.39 is 6.03 Å². The zero-order valence-electron chi connectivity index (χ0n) is 31.9. The van der Waals surface area contributed by atoms with Crippen LogP contribution >= 0.6 is 0 Å². The average molecular weight is 748 g/mol. The van der Waals surface area contributed by atoms with Crippen molar-refractivity contribution in [1.82, 2.24) is 39.5 Å². The first kappa shape index (κ1) is 36.7. The van der Waals surface area contributed by atoms with Gasteiger partial charge in [-0.15, -0.1) is 15.3 Å². The van der Waals surface area contributed by atoms with Crippen LogP contribution in [0.25, 0.3) is 11.3 Å². The van der Waals surface area contributed by atoms with E-state index in [1.807, 2.05) is 59.1 Å². The zero-order valence-corrected chi connectivity index (χ0v) is 31.9. The molecular formula is C41H49N9O5. The Bertz CT molecular complexity index is 2150. The molecule has 288 valence electrons. The third kappa shape index (κ3) is 7.66. The van der Waals surface area contributed by atoms with Crippen LogP contribution in [-0.4, -0.2) is 86.6 Å². The number of amides is 2. The molecule has 3 atom stereocenters. The summed E-state index contributed by atoms with van der Waals surface area (Å²) in [5.74, 6) is 1.96. The Kier molecular flexibility index (Phi) is 10.3. The van der Waals surface area contributed by atoms with Gasteiger partial charge >= 0.3 is 12.5 Å². The molecular weight excluding hydrogens is 699 g/mol. The minimum absolute atomic E-state index is 0.219. The van der Waals surface area contributed by atoms with Gasteiger partial charge in [-0.1, -0.05) is 57.2 Å². The van der Waals surface area contributed by atoms with Crippen molar-refractivity contribution in [3.63, 3.8) is 0 Å². The number of nitrogens with one attached hydrogen (secondary N) is 1. The molecule has 2 amide bonds. The molecule has 1 N–H and O–H groups in total. The molecule has 2 aliphatic heterocycles. The van der Waals surface area contributed by atoms with E-state index in [1.165, 1.54) is 0 Å².